The number of carboxylic acids is 1. The summed E-state index contributed by atoms with van der Waals surface area (Å²) in [5.74, 6) is -2.87. The maximum Gasteiger partial charge on any atom is 0.490 e. The molecule has 0 spiro atoms. The number of aliphatic carboxylic acids is 1. The van der Waals surface area contributed by atoms with Gasteiger partial charge in [-0.15, -0.1) is 0 Å². The zero-order valence-electron chi connectivity index (χ0n) is 18.5. The van der Waals surface area contributed by atoms with Gasteiger partial charge < -0.3 is 20.3 Å². The number of sulfonamides is 1. The van der Waals surface area contributed by atoms with Gasteiger partial charge in [0.2, 0.25) is 27.6 Å². The predicted octanol–water partition coefficient (Wildman–Crippen LogP) is 2.45. The van der Waals surface area contributed by atoms with Crippen LogP contribution in [0.25, 0.3) is 11.4 Å². The first-order valence-corrected chi connectivity index (χ1v) is 12.3. The number of alkyl halides is 3. The number of halogens is 4. The number of anilines is 1. The topological polar surface area (TPSA) is 169 Å². The molecule has 3 rings (SSSR count). The molecule has 4 N–H and O–H groups in total. The van der Waals surface area contributed by atoms with Crippen LogP contribution in [-0.2, 0) is 19.6 Å². The van der Waals surface area contributed by atoms with E-state index in [4.69, 9.17) is 31.8 Å². The Kier molecular flexibility index (Phi) is 9.08. The molecule has 2 heterocycles. The molecule has 1 fully saturated rings. The van der Waals surface area contributed by atoms with E-state index in [2.05, 4.69) is 14.9 Å². The van der Waals surface area contributed by atoms with Crippen molar-refractivity contribution in [2.75, 3.05) is 24.1 Å². The third-order valence-electron chi connectivity index (χ3n) is 4.83. The lowest BCUT2D eigenvalue weighted by molar-refractivity contribution is -0.192. The number of nitrogens with zero attached hydrogens (tertiary/aromatic N) is 3. The van der Waals surface area contributed by atoms with Gasteiger partial charge in [-0.2, -0.15) is 18.2 Å². The fraction of sp³-hybridized carbons (Fsp3) is 0.474. The third kappa shape index (κ3) is 8.07. The van der Waals surface area contributed by atoms with Gasteiger partial charge in [0.25, 0.3) is 0 Å². The van der Waals surface area contributed by atoms with Crippen molar-refractivity contribution >= 4 is 39.2 Å². The van der Waals surface area contributed by atoms with E-state index in [9.17, 15) is 26.4 Å². The minimum Gasteiger partial charge on any atom is -0.475 e. The highest BCUT2D eigenvalue weighted by Crippen LogP contribution is 2.30. The third-order valence-corrected chi connectivity index (χ3v) is 5.75. The minimum absolute atomic E-state index is 0.126. The number of amides is 1. The van der Waals surface area contributed by atoms with Crippen LogP contribution in [-0.4, -0.2) is 72.0 Å². The van der Waals surface area contributed by atoms with Crippen molar-refractivity contribution in [2.24, 2.45) is 5.73 Å². The summed E-state index contributed by atoms with van der Waals surface area (Å²) in [6.45, 7) is 3.20. The second-order valence-corrected chi connectivity index (χ2v) is 9.83. The standard InChI is InChI=1S/C17H22ClN5O4S.C2HF3O2/c1-10(14(19)17(24)23-7-3-4-8-23)16-20-15(21-27-16)12-6-5-11(9-13(12)18)22-28(2,25)26;3-2(4,5)1(6)7/h5-6,9-10,14,22H,3-4,7-8,19H2,1-2H3;(H,6,7)/t10-,14-;/m0./s1. The van der Waals surface area contributed by atoms with Crippen LogP contribution < -0.4 is 10.5 Å². The molecule has 1 aromatic carbocycles. The molecule has 1 amide bonds. The summed E-state index contributed by atoms with van der Waals surface area (Å²) in [5, 5.41) is 11.3. The number of rotatable bonds is 6. The van der Waals surface area contributed by atoms with E-state index in [1.165, 1.54) is 6.07 Å². The largest absolute Gasteiger partial charge is 0.490 e. The van der Waals surface area contributed by atoms with Gasteiger partial charge in [-0.3, -0.25) is 9.52 Å². The average Bonchev–Trinajstić information content (AvgIpc) is 3.43. The Morgan fingerprint density at radius 3 is 2.34 bits per heavy atom. The zero-order valence-corrected chi connectivity index (χ0v) is 20.1. The van der Waals surface area contributed by atoms with Crippen molar-refractivity contribution in [3.63, 3.8) is 0 Å². The number of benzene rings is 1. The number of hydrogen-bond acceptors (Lipinski definition) is 8. The van der Waals surface area contributed by atoms with Gasteiger partial charge in [-0.1, -0.05) is 23.7 Å². The van der Waals surface area contributed by atoms with E-state index in [-0.39, 0.29) is 22.6 Å². The van der Waals surface area contributed by atoms with Crippen LogP contribution in [0.4, 0.5) is 18.9 Å². The minimum atomic E-state index is -5.08. The van der Waals surface area contributed by atoms with Crippen LogP contribution in [0, 0.1) is 0 Å². The number of nitrogens with two attached hydrogens (primary N) is 1. The fourth-order valence-corrected chi connectivity index (χ4v) is 3.84. The number of carboxylic acid groups (broad SMARTS) is 1. The van der Waals surface area contributed by atoms with Crippen LogP contribution in [0.15, 0.2) is 22.7 Å². The van der Waals surface area contributed by atoms with Crippen molar-refractivity contribution in [3.05, 3.63) is 29.1 Å². The van der Waals surface area contributed by atoms with Crippen LogP contribution in [0.5, 0.6) is 0 Å². The molecule has 1 aliphatic rings. The predicted molar refractivity (Wildman–Crippen MR) is 119 cm³/mol. The number of carbonyl (C=O) groups excluding carboxylic acids is 1. The fourth-order valence-electron chi connectivity index (χ4n) is 3.02. The van der Waals surface area contributed by atoms with E-state index in [1.54, 1.807) is 24.0 Å². The molecule has 0 aliphatic carbocycles. The second-order valence-electron chi connectivity index (χ2n) is 7.67. The number of hydrogen-bond donors (Lipinski definition) is 3. The zero-order chi connectivity index (χ0) is 26.6. The monoisotopic (exact) mass is 541 g/mol. The molecule has 2 aromatic rings. The quantitative estimate of drug-likeness (QED) is 0.497. The molecular formula is C19H23ClF3N5O6S. The number of likely N-dealkylation sites (tertiary alicyclic amines) is 1. The number of nitrogens with one attached hydrogen (secondary N) is 1. The second kappa shape index (κ2) is 11.2. The van der Waals surface area contributed by atoms with Crippen LogP contribution in [0.3, 0.4) is 0 Å². The van der Waals surface area contributed by atoms with Crippen molar-refractivity contribution in [1.29, 1.82) is 0 Å². The van der Waals surface area contributed by atoms with E-state index < -0.39 is 34.1 Å². The summed E-state index contributed by atoms with van der Waals surface area (Å²) in [5.41, 5.74) is 6.92. The number of carbonyl (C=O) groups is 2. The molecule has 11 nitrogen and oxygen atoms in total. The summed E-state index contributed by atoms with van der Waals surface area (Å²) in [7, 11) is -3.41. The smallest absolute Gasteiger partial charge is 0.475 e. The van der Waals surface area contributed by atoms with Crippen molar-refractivity contribution in [3.8, 4) is 11.4 Å². The van der Waals surface area contributed by atoms with E-state index in [0.29, 0.717) is 11.3 Å². The highest BCUT2D eigenvalue weighted by atomic mass is 35.5. The molecule has 0 bridgehead atoms. The summed E-state index contributed by atoms with van der Waals surface area (Å²) in [6.07, 6.45) is -2.06. The number of aromatic nitrogens is 2. The lowest BCUT2D eigenvalue weighted by Gasteiger charge is -2.22. The Morgan fingerprint density at radius 1 is 1.29 bits per heavy atom. The van der Waals surface area contributed by atoms with Gasteiger partial charge in [0.1, 0.15) is 0 Å². The van der Waals surface area contributed by atoms with Crippen LogP contribution in [0.2, 0.25) is 5.02 Å². The van der Waals surface area contributed by atoms with E-state index in [1.807, 2.05) is 0 Å². The van der Waals surface area contributed by atoms with Gasteiger partial charge in [0, 0.05) is 24.3 Å². The summed E-state index contributed by atoms with van der Waals surface area (Å²) in [4.78, 5) is 27.4. The van der Waals surface area contributed by atoms with E-state index in [0.717, 1.165) is 32.2 Å². The molecule has 16 heteroatoms. The van der Waals surface area contributed by atoms with E-state index >= 15 is 0 Å². The van der Waals surface area contributed by atoms with Gasteiger partial charge in [-0.05, 0) is 31.0 Å². The maximum absolute atomic E-state index is 12.5. The molecule has 1 aromatic heterocycles. The molecule has 0 unspecified atom stereocenters. The first-order chi connectivity index (χ1) is 16.1. The van der Waals surface area contributed by atoms with Crippen molar-refractivity contribution in [1.82, 2.24) is 15.0 Å². The molecule has 1 aliphatic heterocycles. The summed E-state index contributed by atoms with van der Waals surface area (Å²) >= 11 is 6.24. The van der Waals surface area contributed by atoms with Crippen molar-refractivity contribution < 1.29 is 40.8 Å². The Hall–Kier alpha value is -2.91. The molecule has 1 saturated heterocycles. The van der Waals surface area contributed by atoms with Gasteiger partial charge in [0.05, 0.1) is 23.2 Å². The van der Waals surface area contributed by atoms with Crippen LogP contribution in [0.1, 0.15) is 31.6 Å². The highest BCUT2D eigenvalue weighted by molar-refractivity contribution is 7.92. The lowest BCUT2D eigenvalue weighted by atomic mass is 10.0. The molecule has 35 heavy (non-hydrogen) atoms. The Morgan fingerprint density at radius 2 is 1.86 bits per heavy atom. The Bertz CT molecular complexity index is 1170. The maximum atomic E-state index is 12.5. The molecule has 194 valence electrons. The normalized spacial score (nSPS) is 15.7. The van der Waals surface area contributed by atoms with Gasteiger partial charge in [0.15, 0.2) is 0 Å². The summed E-state index contributed by atoms with van der Waals surface area (Å²) < 4.78 is 62.0. The molecule has 0 saturated carbocycles. The Balaban J connectivity index is 0.000000540. The molecule has 0 radical (unpaired) electrons. The first kappa shape index (κ1) is 28.3. The first-order valence-electron chi connectivity index (χ1n) is 10.1. The average molecular weight is 542 g/mol. The lowest BCUT2D eigenvalue weighted by Crippen LogP contribution is -2.45. The SMILES string of the molecule is C[C@H](c1nc(-c2ccc(NS(C)(=O)=O)cc2Cl)no1)[C@H](N)C(=O)N1CCCC1.O=C(O)C(F)(F)F. The Labute approximate surface area is 203 Å². The van der Waals surface area contributed by atoms with Gasteiger partial charge >= 0.3 is 12.1 Å². The molecule has 2 atom stereocenters. The molecular weight excluding hydrogens is 519 g/mol. The summed E-state index contributed by atoms with van der Waals surface area (Å²) in [6, 6.07) is 3.82. The van der Waals surface area contributed by atoms with Gasteiger partial charge in [-0.25, -0.2) is 13.2 Å². The highest BCUT2D eigenvalue weighted by Gasteiger charge is 2.38. The van der Waals surface area contributed by atoms with Crippen molar-refractivity contribution in [2.45, 2.75) is 37.9 Å². The van der Waals surface area contributed by atoms with Crippen LogP contribution >= 0.6 is 11.6 Å².